The minimum Gasteiger partial charge on any atom is -0.395 e. The summed E-state index contributed by atoms with van der Waals surface area (Å²) in [5.41, 5.74) is 0. The second-order valence-electron chi connectivity index (χ2n) is 3.57. The first-order valence-corrected chi connectivity index (χ1v) is 6.31. The van der Waals surface area contributed by atoms with Gasteiger partial charge in [0.05, 0.1) is 19.8 Å². The second-order valence-corrected chi connectivity index (χ2v) is 5.56. The van der Waals surface area contributed by atoms with Crippen LogP contribution in [0.4, 0.5) is 0 Å². The van der Waals surface area contributed by atoms with E-state index in [2.05, 4.69) is 0 Å². The van der Waals surface area contributed by atoms with Crippen molar-refractivity contribution in [2.24, 2.45) is 0 Å². The van der Waals surface area contributed by atoms with Gasteiger partial charge in [0.2, 0.25) is 0 Å². The predicted molar refractivity (Wildman–Crippen MR) is 55.6 cm³/mol. The summed E-state index contributed by atoms with van der Waals surface area (Å²) in [4.78, 5) is 0. The van der Waals surface area contributed by atoms with Gasteiger partial charge < -0.3 is 9.84 Å². The fourth-order valence-electron chi connectivity index (χ4n) is 1.30. The van der Waals surface area contributed by atoms with Crippen LogP contribution in [0.15, 0.2) is 0 Å². The molecule has 1 heterocycles. The Bertz CT molecular complexity index is 279. The number of morpholine rings is 1. The van der Waals surface area contributed by atoms with Crippen LogP contribution in [0.1, 0.15) is 6.92 Å². The molecule has 0 bridgehead atoms. The van der Waals surface area contributed by atoms with E-state index in [-0.39, 0.29) is 6.61 Å². The van der Waals surface area contributed by atoms with E-state index in [9.17, 15) is 8.42 Å². The Morgan fingerprint density at radius 1 is 1.47 bits per heavy atom. The maximum absolute atomic E-state index is 12.0. The molecule has 0 aliphatic carbocycles. The molecule has 1 atom stereocenters. The number of aliphatic hydroxyl groups is 1. The van der Waals surface area contributed by atoms with E-state index in [1.54, 1.807) is 6.92 Å². The summed E-state index contributed by atoms with van der Waals surface area (Å²) in [5, 5.41) is 8.92. The molecule has 0 aromatic rings. The maximum Gasteiger partial charge on any atom is 0.282 e. The van der Waals surface area contributed by atoms with Crippen molar-refractivity contribution in [2.45, 2.75) is 13.0 Å². The molecule has 1 unspecified atom stereocenters. The van der Waals surface area contributed by atoms with Crippen molar-refractivity contribution in [2.75, 3.05) is 40.0 Å². The van der Waals surface area contributed by atoms with E-state index in [4.69, 9.17) is 9.84 Å². The molecular weight excluding hydrogens is 220 g/mol. The molecule has 90 valence electrons. The van der Waals surface area contributed by atoms with E-state index >= 15 is 0 Å². The molecule has 1 aliphatic rings. The van der Waals surface area contributed by atoms with Crippen LogP contribution in [-0.2, 0) is 14.9 Å². The molecule has 7 heteroatoms. The van der Waals surface area contributed by atoms with Gasteiger partial charge in [-0.3, -0.25) is 0 Å². The monoisotopic (exact) mass is 238 g/mol. The normalized spacial score (nSPS) is 21.9. The van der Waals surface area contributed by atoms with Crippen LogP contribution in [0.25, 0.3) is 0 Å². The lowest BCUT2D eigenvalue weighted by molar-refractivity contribution is 0.0692. The Balaban J connectivity index is 2.72. The first-order valence-electron chi connectivity index (χ1n) is 4.92. The van der Waals surface area contributed by atoms with Crippen molar-refractivity contribution < 1.29 is 18.3 Å². The van der Waals surface area contributed by atoms with Gasteiger partial charge in [0.1, 0.15) is 0 Å². The average molecular weight is 238 g/mol. The van der Waals surface area contributed by atoms with Gasteiger partial charge in [0, 0.05) is 26.2 Å². The van der Waals surface area contributed by atoms with Crippen molar-refractivity contribution in [3.63, 3.8) is 0 Å². The molecule has 15 heavy (non-hydrogen) atoms. The molecule has 0 aromatic carbocycles. The maximum atomic E-state index is 12.0. The fraction of sp³-hybridized carbons (Fsp3) is 1.00. The SMILES string of the molecule is CC(CO)N(C)S(=O)(=O)N1CCOCC1. The highest BCUT2D eigenvalue weighted by Gasteiger charge is 2.30. The lowest BCUT2D eigenvalue weighted by Crippen LogP contribution is -2.50. The average Bonchev–Trinajstić information content (AvgIpc) is 2.28. The minimum atomic E-state index is -3.45. The van der Waals surface area contributed by atoms with Gasteiger partial charge in [-0.15, -0.1) is 0 Å². The zero-order valence-electron chi connectivity index (χ0n) is 9.09. The molecule has 1 aliphatic heterocycles. The van der Waals surface area contributed by atoms with Crippen molar-refractivity contribution in [1.29, 1.82) is 0 Å². The second kappa shape index (κ2) is 5.22. The highest BCUT2D eigenvalue weighted by Crippen LogP contribution is 2.11. The minimum absolute atomic E-state index is 0.180. The van der Waals surface area contributed by atoms with Gasteiger partial charge in [-0.1, -0.05) is 0 Å². The summed E-state index contributed by atoms with van der Waals surface area (Å²) in [6.07, 6.45) is 0. The Morgan fingerprint density at radius 3 is 2.47 bits per heavy atom. The number of nitrogens with zero attached hydrogens (tertiary/aromatic N) is 2. The standard InChI is InChI=1S/C8H18N2O4S/c1-8(7-11)9(2)15(12,13)10-3-5-14-6-4-10/h8,11H,3-7H2,1-2H3. The lowest BCUT2D eigenvalue weighted by atomic mass is 10.4. The van der Waals surface area contributed by atoms with E-state index in [1.807, 2.05) is 0 Å². The molecule has 0 saturated carbocycles. The summed E-state index contributed by atoms with van der Waals surface area (Å²) < 4.78 is 31.6. The Labute approximate surface area is 90.6 Å². The van der Waals surface area contributed by atoms with Crippen LogP contribution in [-0.4, -0.2) is 68.1 Å². The highest BCUT2D eigenvalue weighted by molar-refractivity contribution is 7.86. The molecule has 6 nitrogen and oxygen atoms in total. The number of rotatable bonds is 4. The molecular formula is C8H18N2O4S. The number of ether oxygens (including phenoxy) is 1. The zero-order chi connectivity index (χ0) is 11.5. The number of hydrogen-bond donors (Lipinski definition) is 1. The van der Waals surface area contributed by atoms with Crippen LogP contribution in [0.3, 0.4) is 0 Å². The van der Waals surface area contributed by atoms with Crippen molar-refractivity contribution in [1.82, 2.24) is 8.61 Å². The van der Waals surface area contributed by atoms with Gasteiger partial charge in [0.25, 0.3) is 10.2 Å². The largest absolute Gasteiger partial charge is 0.395 e. The summed E-state index contributed by atoms with van der Waals surface area (Å²) in [6.45, 7) is 3.11. The molecule has 1 rings (SSSR count). The third kappa shape index (κ3) is 2.88. The van der Waals surface area contributed by atoms with Crippen LogP contribution < -0.4 is 0 Å². The summed E-state index contributed by atoms with van der Waals surface area (Å²) in [6, 6.07) is -0.405. The Kier molecular flexibility index (Phi) is 4.47. The summed E-state index contributed by atoms with van der Waals surface area (Å²) >= 11 is 0. The number of aliphatic hydroxyl groups excluding tert-OH is 1. The smallest absolute Gasteiger partial charge is 0.282 e. The molecule has 0 spiro atoms. The van der Waals surface area contributed by atoms with Crippen LogP contribution >= 0.6 is 0 Å². The van der Waals surface area contributed by atoms with Crippen molar-refractivity contribution in [3.05, 3.63) is 0 Å². The highest BCUT2D eigenvalue weighted by atomic mass is 32.2. The Hall–Kier alpha value is -0.210. The van der Waals surface area contributed by atoms with Gasteiger partial charge in [0.15, 0.2) is 0 Å². The molecule has 1 N–H and O–H groups in total. The molecule has 1 fully saturated rings. The first-order chi connectivity index (χ1) is 7.00. The van der Waals surface area contributed by atoms with Crippen LogP contribution in [0, 0.1) is 0 Å². The zero-order valence-corrected chi connectivity index (χ0v) is 9.90. The van der Waals surface area contributed by atoms with Crippen molar-refractivity contribution in [3.8, 4) is 0 Å². The van der Waals surface area contributed by atoms with Gasteiger partial charge >= 0.3 is 0 Å². The van der Waals surface area contributed by atoms with Crippen molar-refractivity contribution >= 4 is 10.2 Å². The quantitative estimate of drug-likeness (QED) is 0.673. The number of likely N-dealkylation sites (N-methyl/N-ethyl adjacent to an activating group) is 1. The van der Waals surface area contributed by atoms with Crippen LogP contribution in [0.5, 0.6) is 0 Å². The Morgan fingerprint density at radius 2 is 2.00 bits per heavy atom. The van der Waals surface area contributed by atoms with E-state index in [0.29, 0.717) is 26.3 Å². The lowest BCUT2D eigenvalue weighted by Gasteiger charge is -2.32. The van der Waals surface area contributed by atoms with E-state index in [1.165, 1.54) is 15.7 Å². The third-order valence-corrected chi connectivity index (χ3v) is 4.65. The first kappa shape index (κ1) is 12.9. The topological polar surface area (TPSA) is 70.1 Å². The molecule has 0 aromatic heterocycles. The summed E-state index contributed by atoms with van der Waals surface area (Å²) in [7, 11) is -1.97. The molecule has 0 radical (unpaired) electrons. The van der Waals surface area contributed by atoms with E-state index in [0.717, 1.165) is 0 Å². The third-order valence-electron chi connectivity index (χ3n) is 2.55. The van der Waals surface area contributed by atoms with Gasteiger partial charge in [-0.25, -0.2) is 0 Å². The van der Waals surface area contributed by atoms with Crippen LogP contribution in [0.2, 0.25) is 0 Å². The fourth-order valence-corrected chi connectivity index (χ4v) is 2.80. The molecule has 0 amide bonds. The van der Waals surface area contributed by atoms with E-state index < -0.39 is 16.3 Å². The summed E-state index contributed by atoms with van der Waals surface area (Å²) in [5.74, 6) is 0. The number of hydrogen-bond acceptors (Lipinski definition) is 4. The van der Waals surface area contributed by atoms with Gasteiger partial charge in [-0.2, -0.15) is 17.0 Å². The van der Waals surface area contributed by atoms with Gasteiger partial charge in [-0.05, 0) is 6.92 Å². The predicted octanol–water partition coefficient (Wildman–Crippen LogP) is -1.12. The molecule has 1 saturated heterocycles.